The second-order valence-corrected chi connectivity index (χ2v) is 8.35. The number of hydrogen-bond donors (Lipinski definition) is 0. The van der Waals surface area contributed by atoms with Crippen molar-refractivity contribution >= 4 is 15.7 Å². The van der Waals surface area contributed by atoms with Crippen LogP contribution in [0.15, 0.2) is 28.0 Å². The van der Waals surface area contributed by atoms with Gasteiger partial charge in [-0.25, -0.2) is 22.3 Å². The zero-order valence-electron chi connectivity index (χ0n) is 13.5. The van der Waals surface area contributed by atoms with Crippen molar-refractivity contribution in [2.45, 2.75) is 44.6 Å². The molecular weight excluding hydrogens is 316 g/mol. The molecule has 1 saturated heterocycles. The standard InChI is InChI=1S/C15H22N4O3S/c1-12(2)10-19-15(20)18-11-13(6-7-14(18)16-19)23(21,22)17-8-4-3-5-9-17/h6-7,11-12H,3-5,8-10H2,1-2H3. The quantitative estimate of drug-likeness (QED) is 0.842. The molecule has 1 fully saturated rings. The molecule has 1 aliphatic heterocycles. The average molecular weight is 338 g/mol. The summed E-state index contributed by atoms with van der Waals surface area (Å²) in [5.41, 5.74) is 0.164. The first-order chi connectivity index (χ1) is 10.9. The Labute approximate surface area is 135 Å². The van der Waals surface area contributed by atoms with Crippen LogP contribution >= 0.6 is 0 Å². The smallest absolute Gasteiger partial charge is 0.249 e. The van der Waals surface area contributed by atoms with Gasteiger partial charge in [0.05, 0.1) is 4.90 Å². The molecule has 8 heteroatoms. The van der Waals surface area contributed by atoms with E-state index in [1.54, 1.807) is 6.07 Å². The minimum Gasteiger partial charge on any atom is -0.249 e. The maximum absolute atomic E-state index is 12.7. The molecule has 3 rings (SSSR count). The third kappa shape index (κ3) is 3.05. The Morgan fingerprint density at radius 3 is 2.52 bits per heavy atom. The normalized spacial score (nSPS) is 17.2. The summed E-state index contributed by atoms with van der Waals surface area (Å²) in [4.78, 5) is 12.5. The predicted molar refractivity (Wildman–Crippen MR) is 86.9 cm³/mol. The van der Waals surface area contributed by atoms with Crippen molar-refractivity contribution in [2.24, 2.45) is 5.92 Å². The van der Waals surface area contributed by atoms with Crippen LogP contribution in [0.5, 0.6) is 0 Å². The van der Waals surface area contributed by atoms with Crippen LogP contribution in [0, 0.1) is 5.92 Å². The Hall–Kier alpha value is -1.67. The highest BCUT2D eigenvalue weighted by molar-refractivity contribution is 7.89. The molecular formula is C15H22N4O3S. The van der Waals surface area contributed by atoms with E-state index in [0.717, 1.165) is 19.3 Å². The van der Waals surface area contributed by atoms with Crippen molar-refractivity contribution in [1.82, 2.24) is 18.5 Å². The van der Waals surface area contributed by atoms with Crippen LogP contribution in [0.25, 0.3) is 5.65 Å². The molecule has 126 valence electrons. The van der Waals surface area contributed by atoms with Gasteiger partial charge in [-0.15, -0.1) is 5.10 Å². The summed E-state index contributed by atoms with van der Waals surface area (Å²) in [6.07, 6.45) is 4.22. The lowest BCUT2D eigenvalue weighted by Gasteiger charge is -2.25. The Morgan fingerprint density at radius 1 is 1.17 bits per heavy atom. The molecule has 0 atom stereocenters. The zero-order chi connectivity index (χ0) is 16.6. The SMILES string of the molecule is CC(C)Cn1nc2ccc(S(=O)(=O)N3CCCCC3)cn2c1=O. The second kappa shape index (κ2) is 6.09. The molecule has 0 N–H and O–H groups in total. The number of nitrogens with zero attached hydrogens (tertiary/aromatic N) is 4. The Bertz CT molecular complexity index is 860. The summed E-state index contributed by atoms with van der Waals surface area (Å²) in [6.45, 7) is 5.60. The minimum atomic E-state index is -3.55. The highest BCUT2D eigenvalue weighted by atomic mass is 32.2. The molecule has 3 heterocycles. The number of piperidine rings is 1. The maximum Gasteiger partial charge on any atom is 0.350 e. The van der Waals surface area contributed by atoms with Gasteiger partial charge < -0.3 is 0 Å². The van der Waals surface area contributed by atoms with Gasteiger partial charge in [0.1, 0.15) is 0 Å². The third-order valence-electron chi connectivity index (χ3n) is 4.04. The molecule has 7 nitrogen and oxygen atoms in total. The van der Waals surface area contributed by atoms with Crippen molar-refractivity contribution in [3.63, 3.8) is 0 Å². The van der Waals surface area contributed by atoms with Crippen LogP contribution in [-0.2, 0) is 16.6 Å². The van der Waals surface area contributed by atoms with Crippen LogP contribution in [-0.4, -0.2) is 40.0 Å². The molecule has 0 amide bonds. The van der Waals surface area contributed by atoms with E-state index in [-0.39, 0.29) is 16.5 Å². The van der Waals surface area contributed by atoms with Gasteiger partial charge >= 0.3 is 5.69 Å². The van der Waals surface area contributed by atoms with Crippen LogP contribution in [0.3, 0.4) is 0 Å². The van der Waals surface area contributed by atoms with E-state index in [0.29, 0.717) is 25.3 Å². The monoisotopic (exact) mass is 338 g/mol. The lowest BCUT2D eigenvalue weighted by atomic mass is 10.2. The van der Waals surface area contributed by atoms with E-state index < -0.39 is 10.0 Å². The second-order valence-electron chi connectivity index (χ2n) is 6.42. The third-order valence-corrected chi connectivity index (χ3v) is 5.92. The zero-order valence-corrected chi connectivity index (χ0v) is 14.3. The highest BCUT2D eigenvalue weighted by Gasteiger charge is 2.26. The first kappa shape index (κ1) is 16.2. The van der Waals surface area contributed by atoms with E-state index in [9.17, 15) is 13.2 Å². The Balaban J connectivity index is 2.02. The maximum atomic E-state index is 12.7. The lowest BCUT2D eigenvalue weighted by Crippen LogP contribution is -2.35. The largest absolute Gasteiger partial charge is 0.350 e. The minimum absolute atomic E-state index is 0.151. The van der Waals surface area contributed by atoms with Gasteiger partial charge in [-0.1, -0.05) is 20.3 Å². The Kier molecular flexibility index (Phi) is 4.29. The Morgan fingerprint density at radius 2 is 1.87 bits per heavy atom. The van der Waals surface area contributed by atoms with Crippen LogP contribution < -0.4 is 5.69 Å². The van der Waals surface area contributed by atoms with Crippen molar-refractivity contribution in [3.8, 4) is 0 Å². The molecule has 2 aromatic heterocycles. The molecule has 0 radical (unpaired) electrons. The molecule has 0 aliphatic carbocycles. The van der Waals surface area contributed by atoms with Gasteiger partial charge in [0.15, 0.2) is 5.65 Å². The van der Waals surface area contributed by atoms with Crippen molar-refractivity contribution in [1.29, 1.82) is 0 Å². The molecule has 23 heavy (non-hydrogen) atoms. The summed E-state index contributed by atoms with van der Waals surface area (Å²) < 4.78 is 29.6. The molecule has 0 spiro atoms. The van der Waals surface area contributed by atoms with Gasteiger partial charge in [0, 0.05) is 25.8 Å². The topological polar surface area (TPSA) is 76.7 Å². The van der Waals surface area contributed by atoms with Gasteiger partial charge in [-0.05, 0) is 30.9 Å². The van der Waals surface area contributed by atoms with Crippen molar-refractivity contribution < 1.29 is 8.42 Å². The van der Waals surface area contributed by atoms with E-state index in [1.165, 1.54) is 25.7 Å². The number of rotatable bonds is 4. The van der Waals surface area contributed by atoms with Crippen molar-refractivity contribution in [2.75, 3.05) is 13.1 Å². The number of pyridine rings is 1. The molecule has 0 unspecified atom stereocenters. The molecule has 0 bridgehead atoms. The summed E-state index contributed by atoms with van der Waals surface area (Å²) in [5, 5.41) is 4.25. The van der Waals surface area contributed by atoms with E-state index in [2.05, 4.69) is 5.10 Å². The van der Waals surface area contributed by atoms with Crippen LogP contribution in [0.2, 0.25) is 0 Å². The fourth-order valence-electron chi connectivity index (χ4n) is 2.87. The molecule has 0 saturated carbocycles. The fraction of sp³-hybridized carbons (Fsp3) is 0.600. The van der Waals surface area contributed by atoms with Gasteiger partial charge in [0.2, 0.25) is 10.0 Å². The number of aromatic nitrogens is 3. The summed E-state index contributed by atoms with van der Waals surface area (Å²) in [5.74, 6) is 0.286. The summed E-state index contributed by atoms with van der Waals surface area (Å²) in [7, 11) is -3.55. The number of fused-ring (bicyclic) bond motifs is 1. The van der Waals surface area contributed by atoms with Crippen LogP contribution in [0.4, 0.5) is 0 Å². The average Bonchev–Trinajstić information content (AvgIpc) is 2.83. The van der Waals surface area contributed by atoms with E-state index in [1.807, 2.05) is 13.8 Å². The van der Waals surface area contributed by atoms with E-state index in [4.69, 9.17) is 0 Å². The first-order valence-corrected chi connectivity index (χ1v) is 9.43. The summed E-state index contributed by atoms with van der Waals surface area (Å²) >= 11 is 0. The first-order valence-electron chi connectivity index (χ1n) is 7.99. The molecule has 2 aromatic rings. The van der Waals surface area contributed by atoms with Gasteiger partial charge in [-0.2, -0.15) is 4.31 Å². The fourth-order valence-corrected chi connectivity index (χ4v) is 4.39. The summed E-state index contributed by atoms with van der Waals surface area (Å²) in [6, 6.07) is 3.13. The van der Waals surface area contributed by atoms with E-state index >= 15 is 0 Å². The predicted octanol–water partition coefficient (Wildman–Crippen LogP) is 1.33. The van der Waals surface area contributed by atoms with Crippen LogP contribution in [0.1, 0.15) is 33.1 Å². The van der Waals surface area contributed by atoms with Gasteiger partial charge in [-0.3, -0.25) is 0 Å². The molecule has 0 aromatic carbocycles. The van der Waals surface area contributed by atoms with Gasteiger partial charge in [0.25, 0.3) is 0 Å². The molecule has 1 aliphatic rings. The highest BCUT2D eigenvalue weighted by Crippen LogP contribution is 2.20. The number of hydrogen-bond acceptors (Lipinski definition) is 4. The number of sulfonamides is 1. The lowest BCUT2D eigenvalue weighted by molar-refractivity contribution is 0.346. The van der Waals surface area contributed by atoms with Crippen molar-refractivity contribution in [3.05, 3.63) is 28.8 Å².